The molecule has 1 aliphatic heterocycles. The molecule has 1 aliphatic rings. The lowest BCUT2D eigenvalue weighted by molar-refractivity contribution is 0.00578. The van der Waals surface area contributed by atoms with Crippen molar-refractivity contribution < 1.29 is 9.31 Å². The fourth-order valence-corrected chi connectivity index (χ4v) is 1.72. The molecule has 0 spiro atoms. The van der Waals surface area contributed by atoms with E-state index in [1.807, 2.05) is 30.3 Å². The molecule has 0 saturated carbocycles. The summed E-state index contributed by atoms with van der Waals surface area (Å²) in [5.41, 5.74) is 0.624. The summed E-state index contributed by atoms with van der Waals surface area (Å²) < 4.78 is 11.8. The molecular formula is C14H19BO2. The first-order valence-corrected chi connectivity index (χ1v) is 6.00. The molecule has 3 heteroatoms. The minimum absolute atomic E-state index is 0.264. The highest BCUT2D eigenvalue weighted by atomic mass is 16.7. The molecule has 2 nitrogen and oxygen atoms in total. The van der Waals surface area contributed by atoms with Gasteiger partial charge in [-0.1, -0.05) is 42.4 Å². The van der Waals surface area contributed by atoms with Gasteiger partial charge in [-0.3, -0.25) is 0 Å². The second-order valence-corrected chi connectivity index (χ2v) is 5.39. The van der Waals surface area contributed by atoms with Crippen molar-refractivity contribution in [2.24, 2.45) is 0 Å². The molecule has 0 aliphatic carbocycles. The zero-order valence-corrected chi connectivity index (χ0v) is 10.9. The minimum Gasteiger partial charge on any atom is -0.400 e. The summed E-state index contributed by atoms with van der Waals surface area (Å²) in [4.78, 5) is 0. The van der Waals surface area contributed by atoms with Crippen molar-refractivity contribution in [1.29, 1.82) is 0 Å². The molecule has 90 valence electrons. The highest BCUT2D eigenvalue weighted by Gasteiger charge is 2.49. The van der Waals surface area contributed by atoms with Gasteiger partial charge in [0.1, 0.15) is 0 Å². The van der Waals surface area contributed by atoms with Crippen molar-refractivity contribution in [1.82, 2.24) is 0 Å². The lowest BCUT2D eigenvalue weighted by Gasteiger charge is -2.32. The van der Waals surface area contributed by atoms with Crippen LogP contribution in [0.2, 0.25) is 0 Å². The second-order valence-electron chi connectivity index (χ2n) is 5.39. The predicted octanol–water partition coefficient (Wildman–Crippen LogP) is 3.33. The predicted molar refractivity (Wildman–Crippen MR) is 71.6 cm³/mol. The van der Waals surface area contributed by atoms with E-state index in [2.05, 4.69) is 39.8 Å². The van der Waals surface area contributed by atoms with Crippen LogP contribution in [0.25, 0.3) is 6.08 Å². The maximum Gasteiger partial charge on any atom is 0.487 e. The maximum atomic E-state index is 5.88. The van der Waals surface area contributed by atoms with E-state index < -0.39 is 0 Å². The molecule has 17 heavy (non-hydrogen) atoms. The normalized spacial score (nSPS) is 22.2. The summed E-state index contributed by atoms with van der Waals surface area (Å²) >= 11 is 0. The van der Waals surface area contributed by atoms with Gasteiger partial charge in [0.25, 0.3) is 0 Å². The van der Waals surface area contributed by atoms with Crippen LogP contribution in [0.1, 0.15) is 33.3 Å². The first-order chi connectivity index (χ1) is 7.91. The van der Waals surface area contributed by atoms with Gasteiger partial charge in [-0.05, 0) is 33.3 Å². The summed E-state index contributed by atoms with van der Waals surface area (Å²) in [6.07, 6.45) is 2.03. The number of rotatable bonds is 2. The molecule has 0 aromatic heterocycles. The van der Waals surface area contributed by atoms with Crippen LogP contribution < -0.4 is 0 Å². The van der Waals surface area contributed by atoms with Gasteiger partial charge in [0.2, 0.25) is 0 Å². The summed E-state index contributed by atoms with van der Waals surface area (Å²) in [6, 6.07) is 10.2. The SMILES string of the molecule is CC1(C)OB(/C=C\c2ccccc2)OC1(C)C. The average molecular weight is 230 g/mol. The molecule has 0 N–H and O–H groups in total. The van der Waals surface area contributed by atoms with Crippen LogP contribution in [0.4, 0.5) is 0 Å². The van der Waals surface area contributed by atoms with Gasteiger partial charge in [-0.15, -0.1) is 0 Å². The van der Waals surface area contributed by atoms with E-state index in [9.17, 15) is 0 Å². The van der Waals surface area contributed by atoms with Crippen LogP contribution in [0.3, 0.4) is 0 Å². The average Bonchev–Trinajstić information content (AvgIpc) is 2.46. The van der Waals surface area contributed by atoms with Gasteiger partial charge in [-0.2, -0.15) is 0 Å². The fraction of sp³-hybridized carbons (Fsp3) is 0.429. The number of hydrogen-bond acceptors (Lipinski definition) is 2. The molecule has 1 heterocycles. The molecule has 0 radical (unpaired) electrons. The molecular weight excluding hydrogens is 211 g/mol. The van der Waals surface area contributed by atoms with Gasteiger partial charge in [-0.25, -0.2) is 0 Å². The third-order valence-corrected chi connectivity index (χ3v) is 3.52. The minimum atomic E-state index is -0.265. The van der Waals surface area contributed by atoms with Crippen molar-refractivity contribution in [3.05, 3.63) is 41.9 Å². The Hall–Kier alpha value is -1.06. The zero-order valence-electron chi connectivity index (χ0n) is 10.9. The largest absolute Gasteiger partial charge is 0.487 e. The lowest BCUT2D eigenvalue weighted by Crippen LogP contribution is -2.41. The van der Waals surface area contributed by atoms with E-state index in [0.29, 0.717) is 0 Å². The Kier molecular flexibility index (Phi) is 3.15. The van der Waals surface area contributed by atoms with E-state index in [1.165, 1.54) is 0 Å². The molecule has 0 bridgehead atoms. The van der Waals surface area contributed by atoms with E-state index in [4.69, 9.17) is 9.31 Å². The van der Waals surface area contributed by atoms with Crippen LogP contribution in [0.15, 0.2) is 36.3 Å². The Morgan fingerprint density at radius 1 is 0.941 bits per heavy atom. The van der Waals surface area contributed by atoms with Gasteiger partial charge in [0.15, 0.2) is 0 Å². The first-order valence-electron chi connectivity index (χ1n) is 6.00. The maximum absolute atomic E-state index is 5.88. The van der Waals surface area contributed by atoms with Gasteiger partial charge in [0.05, 0.1) is 11.2 Å². The van der Waals surface area contributed by atoms with Crippen molar-refractivity contribution >= 4 is 13.2 Å². The van der Waals surface area contributed by atoms with Crippen LogP contribution in [0, 0.1) is 0 Å². The lowest BCUT2D eigenvalue weighted by atomic mass is 9.89. The quantitative estimate of drug-likeness (QED) is 0.725. The standard InChI is InChI=1S/C14H19BO2/c1-13(2)14(3,4)17-15(16-13)11-10-12-8-6-5-7-9-12/h5-11H,1-4H3/b11-10-. The van der Waals surface area contributed by atoms with Gasteiger partial charge in [0, 0.05) is 0 Å². The van der Waals surface area contributed by atoms with Crippen LogP contribution in [-0.2, 0) is 9.31 Å². The molecule has 1 saturated heterocycles. The van der Waals surface area contributed by atoms with Crippen molar-refractivity contribution in [2.45, 2.75) is 38.9 Å². The molecule has 2 rings (SSSR count). The van der Waals surface area contributed by atoms with Gasteiger partial charge < -0.3 is 9.31 Å². The van der Waals surface area contributed by atoms with Crippen LogP contribution in [-0.4, -0.2) is 18.3 Å². The number of hydrogen-bond donors (Lipinski definition) is 0. The molecule has 1 aromatic carbocycles. The Morgan fingerprint density at radius 2 is 1.47 bits per heavy atom. The Labute approximate surface area is 104 Å². The summed E-state index contributed by atoms with van der Waals surface area (Å²) in [6.45, 7) is 8.24. The fourth-order valence-electron chi connectivity index (χ4n) is 1.72. The Balaban J connectivity index is 2.06. The van der Waals surface area contributed by atoms with Crippen LogP contribution >= 0.6 is 0 Å². The monoisotopic (exact) mass is 230 g/mol. The van der Waals surface area contributed by atoms with Crippen molar-refractivity contribution in [2.75, 3.05) is 0 Å². The summed E-state index contributed by atoms with van der Waals surface area (Å²) in [5, 5.41) is 0. The summed E-state index contributed by atoms with van der Waals surface area (Å²) in [5.74, 6) is 1.96. The second kappa shape index (κ2) is 4.32. The van der Waals surface area contributed by atoms with E-state index >= 15 is 0 Å². The van der Waals surface area contributed by atoms with Gasteiger partial charge >= 0.3 is 7.12 Å². The molecule has 0 unspecified atom stereocenters. The Bertz CT molecular complexity index is 393. The zero-order chi connectivity index (χ0) is 12.5. The molecule has 1 fully saturated rings. The molecule has 1 aromatic rings. The molecule has 0 amide bonds. The van der Waals surface area contributed by atoms with Crippen LogP contribution in [0.5, 0.6) is 0 Å². The first kappa shape index (κ1) is 12.4. The Morgan fingerprint density at radius 3 is 2.00 bits per heavy atom. The third kappa shape index (κ3) is 2.62. The highest BCUT2D eigenvalue weighted by Crippen LogP contribution is 2.36. The topological polar surface area (TPSA) is 18.5 Å². The summed E-state index contributed by atoms with van der Waals surface area (Å²) in [7, 11) is -0.264. The smallest absolute Gasteiger partial charge is 0.400 e. The van der Waals surface area contributed by atoms with Crippen molar-refractivity contribution in [3.8, 4) is 0 Å². The van der Waals surface area contributed by atoms with E-state index in [1.54, 1.807) is 0 Å². The van der Waals surface area contributed by atoms with Crippen molar-refractivity contribution in [3.63, 3.8) is 0 Å². The number of benzene rings is 1. The highest BCUT2D eigenvalue weighted by molar-refractivity contribution is 6.52. The van der Waals surface area contributed by atoms with E-state index in [0.717, 1.165) is 5.56 Å². The van der Waals surface area contributed by atoms with E-state index in [-0.39, 0.29) is 18.3 Å². The third-order valence-electron chi connectivity index (χ3n) is 3.52. The molecule has 0 atom stereocenters.